The second-order valence-electron chi connectivity index (χ2n) is 2.45. The van der Waals surface area contributed by atoms with Gasteiger partial charge in [0.2, 0.25) is 0 Å². The van der Waals surface area contributed by atoms with E-state index in [-0.39, 0.29) is 5.92 Å². The highest BCUT2D eigenvalue weighted by molar-refractivity contribution is 5.86. The Balaban J connectivity index is 2.14. The van der Waals surface area contributed by atoms with Crippen LogP contribution in [0.3, 0.4) is 0 Å². The van der Waals surface area contributed by atoms with Crippen molar-refractivity contribution < 1.29 is 4.79 Å². The molecule has 0 aliphatic heterocycles. The lowest BCUT2D eigenvalue weighted by molar-refractivity contribution is -0.129. The van der Waals surface area contributed by atoms with E-state index in [1.807, 2.05) is 0 Å². The molecule has 0 aromatic heterocycles. The maximum absolute atomic E-state index is 10.7. The van der Waals surface area contributed by atoms with Crippen molar-refractivity contribution in [3.8, 4) is 0 Å². The molecular formula is C6H9N3O. The van der Waals surface area contributed by atoms with E-state index >= 15 is 0 Å². The van der Waals surface area contributed by atoms with Crippen LogP contribution in [0.25, 0.3) is 10.4 Å². The molecule has 0 spiro atoms. The molecule has 1 aliphatic carbocycles. The number of rotatable bonds is 3. The van der Waals surface area contributed by atoms with Crippen molar-refractivity contribution in [2.75, 3.05) is 6.54 Å². The molecule has 1 aliphatic rings. The minimum atomic E-state index is 0.200. The lowest BCUT2D eigenvalue weighted by Crippen LogP contribution is -2.25. The van der Waals surface area contributed by atoms with Crippen LogP contribution in [0.15, 0.2) is 5.11 Å². The fourth-order valence-corrected chi connectivity index (χ4v) is 1.03. The Labute approximate surface area is 58.9 Å². The number of azide groups is 1. The number of nitrogens with zero attached hydrogens (tertiary/aromatic N) is 3. The van der Waals surface area contributed by atoms with Crippen LogP contribution < -0.4 is 0 Å². The topological polar surface area (TPSA) is 65.8 Å². The van der Waals surface area contributed by atoms with E-state index in [9.17, 15) is 4.79 Å². The third kappa shape index (κ3) is 1.48. The average Bonchev–Trinajstić information content (AvgIpc) is 1.95. The van der Waals surface area contributed by atoms with Crippen molar-refractivity contribution in [3.05, 3.63) is 10.4 Å². The summed E-state index contributed by atoms with van der Waals surface area (Å²) in [6.45, 7) is 0.465. The molecule has 1 unspecified atom stereocenters. The van der Waals surface area contributed by atoms with Gasteiger partial charge in [0.1, 0.15) is 5.78 Å². The molecule has 0 heterocycles. The van der Waals surface area contributed by atoms with Gasteiger partial charge in [-0.1, -0.05) is 5.11 Å². The standard InChI is InChI=1S/C6H9N3O/c7-9-8-4-3-5-1-2-6(5)10/h5H,1-4H2. The summed E-state index contributed by atoms with van der Waals surface area (Å²) < 4.78 is 0. The van der Waals surface area contributed by atoms with Gasteiger partial charge < -0.3 is 0 Å². The number of ketones is 1. The van der Waals surface area contributed by atoms with Gasteiger partial charge in [-0.2, -0.15) is 0 Å². The Bertz CT molecular complexity index is 183. The fourth-order valence-electron chi connectivity index (χ4n) is 1.03. The first-order chi connectivity index (χ1) is 4.84. The van der Waals surface area contributed by atoms with Crippen molar-refractivity contribution in [1.29, 1.82) is 0 Å². The highest BCUT2D eigenvalue weighted by Crippen LogP contribution is 2.25. The normalized spacial score (nSPS) is 23.2. The zero-order chi connectivity index (χ0) is 7.40. The van der Waals surface area contributed by atoms with Gasteiger partial charge >= 0.3 is 0 Å². The number of hydrogen-bond donors (Lipinski definition) is 0. The Morgan fingerprint density at radius 1 is 1.80 bits per heavy atom. The van der Waals surface area contributed by atoms with Crippen molar-refractivity contribution in [2.24, 2.45) is 11.0 Å². The van der Waals surface area contributed by atoms with Gasteiger partial charge in [0.25, 0.3) is 0 Å². The van der Waals surface area contributed by atoms with Gasteiger partial charge in [-0.3, -0.25) is 4.79 Å². The molecule has 0 saturated heterocycles. The number of carbonyl (C=O) groups is 1. The summed E-state index contributed by atoms with van der Waals surface area (Å²) in [5.74, 6) is 0.527. The minimum Gasteiger partial charge on any atom is -0.299 e. The lowest BCUT2D eigenvalue weighted by atomic mass is 9.81. The summed E-state index contributed by atoms with van der Waals surface area (Å²) in [7, 11) is 0. The largest absolute Gasteiger partial charge is 0.299 e. The van der Waals surface area contributed by atoms with Crippen LogP contribution in [-0.2, 0) is 4.79 Å². The first-order valence-electron chi connectivity index (χ1n) is 3.38. The zero-order valence-electron chi connectivity index (χ0n) is 5.66. The molecule has 0 amide bonds. The quantitative estimate of drug-likeness (QED) is 0.333. The predicted octanol–water partition coefficient (Wildman–Crippen LogP) is 1.67. The number of hydrogen-bond acceptors (Lipinski definition) is 2. The lowest BCUT2D eigenvalue weighted by Gasteiger charge is -2.22. The molecule has 0 N–H and O–H groups in total. The van der Waals surface area contributed by atoms with Crippen molar-refractivity contribution >= 4 is 5.78 Å². The third-order valence-corrected chi connectivity index (χ3v) is 1.84. The fraction of sp³-hybridized carbons (Fsp3) is 0.833. The average molecular weight is 139 g/mol. The molecule has 0 bridgehead atoms. The third-order valence-electron chi connectivity index (χ3n) is 1.84. The molecule has 4 nitrogen and oxygen atoms in total. The molecule has 0 radical (unpaired) electrons. The monoisotopic (exact) mass is 139 g/mol. The van der Waals surface area contributed by atoms with Crippen LogP contribution in [0.2, 0.25) is 0 Å². The van der Waals surface area contributed by atoms with E-state index in [1.54, 1.807) is 0 Å². The highest BCUT2D eigenvalue weighted by atomic mass is 16.1. The summed E-state index contributed by atoms with van der Waals surface area (Å²) in [6, 6.07) is 0. The Kier molecular flexibility index (Phi) is 2.29. The van der Waals surface area contributed by atoms with Gasteiger partial charge in [-0.25, -0.2) is 0 Å². The van der Waals surface area contributed by atoms with Crippen molar-refractivity contribution in [3.63, 3.8) is 0 Å². The first kappa shape index (κ1) is 7.09. The predicted molar refractivity (Wildman–Crippen MR) is 36.4 cm³/mol. The van der Waals surface area contributed by atoms with E-state index in [0.29, 0.717) is 12.3 Å². The SMILES string of the molecule is [N-]=[N+]=NCCC1CCC1=O. The highest BCUT2D eigenvalue weighted by Gasteiger charge is 2.26. The zero-order valence-corrected chi connectivity index (χ0v) is 5.66. The van der Waals surface area contributed by atoms with Crippen LogP contribution in [-0.4, -0.2) is 12.3 Å². The number of carbonyl (C=O) groups excluding carboxylic acids is 1. The second kappa shape index (κ2) is 3.22. The van der Waals surface area contributed by atoms with Crippen LogP contribution in [0.4, 0.5) is 0 Å². The summed E-state index contributed by atoms with van der Waals surface area (Å²) in [5.41, 5.74) is 7.91. The molecule has 0 aromatic rings. The van der Waals surface area contributed by atoms with E-state index < -0.39 is 0 Å². The van der Waals surface area contributed by atoms with E-state index in [4.69, 9.17) is 5.53 Å². The number of Topliss-reactive ketones (excluding diaryl/α,β-unsaturated/α-hetero) is 1. The van der Waals surface area contributed by atoms with Gasteiger partial charge in [-0.05, 0) is 18.4 Å². The van der Waals surface area contributed by atoms with Crippen molar-refractivity contribution in [2.45, 2.75) is 19.3 Å². The molecule has 54 valence electrons. The smallest absolute Gasteiger partial charge is 0.136 e. The summed E-state index contributed by atoms with van der Waals surface area (Å²) in [6.07, 6.45) is 2.45. The molecule has 1 atom stereocenters. The molecule has 4 heteroatoms. The van der Waals surface area contributed by atoms with Crippen molar-refractivity contribution in [1.82, 2.24) is 0 Å². The summed E-state index contributed by atoms with van der Waals surface area (Å²) in [4.78, 5) is 13.3. The van der Waals surface area contributed by atoms with Gasteiger partial charge in [0.15, 0.2) is 0 Å². The molecule has 0 aromatic carbocycles. The van der Waals surface area contributed by atoms with E-state index in [0.717, 1.165) is 19.3 Å². The van der Waals surface area contributed by atoms with Gasteiger partial charge in [-0.15, -0.1) is 0 Å². The van der Waals surface area contributed by atoms with E-state index in [1.165, 1.54) is 0 Å². The van der Waals surface area contributed by atoms with Crippen LogP contribution in [0, 0.1) is 5.92 Å². The van der Waals surface area contributed by atoms with E-state index in [2.05, 4.69) is 10.0 Å². The van der Waals surface area contributed by atoms with Gasteiger partial charge in [0, 0.05) is 23.8 Å². The molecular weight excluding hydrogens is 130 g/mol. The molecule has 10 heavy (non-hydrogen) atoms. The molecule has 1 rings (SSSR count). The molecule has 1 fully saturated rings. The summed E-state index contributed by atoms with van der Waals surface area (Å²) in [5, 5.41) is 3.36. The Morgan fingerprint density at radius 3 is 3.00 bits per heavy atom. The molecule has 1 saturated carbocycles. The van der Waals surface area contributed by atoms with Gasteiger partial charge in [0.05, 0.1) is 0 Å². The van der Waals surface area contributed by atoms with Crippen LogP contribution in [0.5, 0.6) is 0 Å². The maximum atomic E-state index is 10.7. The first-order valence-corrected chi connectivity index (χ1v) is 3.38. The summed E-state index contributed by atoms with van der Waals surface area (Å²) >= 11 is 0. The van der Waals surface area contributed by atoms with Crippen LogP contribution in [0.1, 0.15) is 19.3 Å². The van der Waals surface area contributed by atoms with Crippen LogP contribution >= 0.6 is 0 Å². The Hall–Kier alpha value is -1.02. The second-order valence-corrected chi connectivity index (χ2v) is 2.45. The minimum absolute atomic E-state index is 0.200. The Morgan fingerprint density at radius 2 is 2.60 bits per heavy atom. The maximum Gasteiger partial charge on any atom is 0.136 e.